The van der Waals surface area contributed by atoms with Crippen LogP contribution in [0.2, 0.25) is 0 Å². The molecule has 136 valence electrons. The van der Waals surface area contributed by atoms with Crippen molar-refractivity contribution in [1.29, 1.82) is 0 Å². The minimum absolute atomic E-state index is 0.355. The maximum absolute atomic E-state index is 12.8. The third kappa shape index (κ3) is 2.67. The van der Waals surface area contributed by atoms with Gasteiger partial charge in [-0.25, -0.2) is 4.39 Å². The second-order valence-corrected chi connectivity index (χ2v) is 7.13. The minimum atomic E-state index is -0.383. The molecule has 0 radical (unpaired) electrons. The summed E-state index contributed by atoms with van der Waals surface area (Å²) in [6, 6.07) is 9.11. The van der Waals surface area contributed by atoms with Crippen LogP contribution in [0.3, 0.4) is 0 Å². The van der Waals surface area contributed by atoms with E-state index in [2.05, 4.69) is 20.0 Å². The largest absolute Gasteiger partial charge is 0.403 e. The number of aromatic nitrogens is 3. The molecule has 0 aliphatic carbocycles. The van der Waals surface area contributed by atoms with Crippen LogP contribution >= 0.6 is 0 Å². The van der Waals surface area contributed by atoms with Gasteiger partial charge < -0.3 is 18.8 Å². The molecule has 0 N–H and O–H groups in total. The van der Waals surface area contributed by atoms with Gasteiger partial charge in [0, 0.05) is 49.5 Å². The Morgan fingerprint density at radius 1 is 1.08 bits per heavy atom. The second kappa shape index (κ2) is 6.39. The molecule has 0 spiro atoms. The lowest BCUT2D eigenvalue weighted by atomic mass is 10.1. The number of rotatable bonds is 4. The van der Waals surface area contributed by atoms with Crippen LogP contribution in [0.25, 0.3) is 22.4 Å². The van der Waals surface area contributed by atoms with Gasteiger partial charge in [-0.1, -0.05) is 11.2 Å². The molecule has 0 amide bonds. The first-order chi connectivity index (χ1) is 12.8. The van der Waals surface area contributed by atoms with Crippen molar-refractivity contribution in [2.75, 3.05) is 37.8 Å². The third-order valence-electron chi connectivity index (χ3n) is 5.66. The van der Waals surface area contributed by atoms with E-state index in [1.165, 1.54) is 0 Å². The summed E-state index contributed by atoms with van der Waals surface area (Å²) in [5.41, 5.74) is 1.86. The molecular formula is C19H22FN5O. The average molecular weight is 354 g/mol. The molecule has 3 aliphatic heterocycles. The first-order valence-corrected chi connectivity index (χ1v) is 9.29. The number of benzene rings is 1. The van der Waals surface area contributed by atoms with Crippen LogP contribution in [0.15, 0.2) is 34.9 Å². The zero-order valence-electron chi connectivity index (χ0n) is 14.6. The predicted octanol–water partition coefficient (Wildman–Crippen LogP) is 2.95. The molecule has 1 aromatic carbocycles. The summed E-state index contributed by atoms with van der Waals surface area (Å²) >= 11 is 0. The van der Waals surface area contributed by atoms with Gasteiger partial charge in [-0.15, -0.1) is 5.10 Å². The van der Waals surface area contributed by atoms with Crippen molar-refractivity contribution in [3.63, 3.8) is 0 Å². The quantitative estimate of drug-likeness (QED) is 0.721. The highest BCUT2D eigenvalue weighted by Crippen LogP contribution is 2.30. The van der Waals surface area contributed by atoms with Gasteiger partial charge in [0.25, 0.3) is 0 Å². The molecule has 26 heavy (non-hydrogen) atoms. The van der Waals surface area contributed by atoms with Crippen LogP contribution in [0.5, 0.6) is 0 Å². The Balaban J connectivity index is 1.46. The molecule has 3 aromatic rings. The average Bonchev–Trinajstić information content (AvgIpc) is 3.21. The van der Waals surface area contributed by atoms with E-state index in [0.717, 1.165) is 55.5 Å². The first kappa shape index (κ1) is 15.8. The molecule has 0 saturated carbocycles. The molecule has 6 rings (SSSR count). The summed E-state index contributed by atoms with van der Waals surface area (Å²) in [5, 5.41) is 9.69. The lowest BCUT2D eigenvalue weighted by molar-refractivity contribution is 0.249. The van der Waals surface area contributed by atoms with Crippen LogP contribution in [-0.4, -0.2) is 58.6 Å². The molecule has 2 aromatic heterocycles. The summed E-state index contributed by atoms with van der Waals surface area (Å²) < 4.78 is 20.7. The SMILES string of the molecule is [18F]CCn1ccc2ccc(-c3nnc(N4CCN5CCC4CC5)o3)cc21. The van der Waals surface area contributed by atoms with E-state index in [1.807, 2.05) is 35.0 Å². The topological polar surface area (TPSA) is 50.3 Å². The van der Waals surface area contributed by atoms with Crippen LogP contribution in [-0.2, 0) is 6.54 Å². The van der Waals surface area contributed by atoms with Crippen molar-refractivity contribution >= 4 is 16.9 Å². The van der Waals surface area contributed by atoms with E-state index in [0.29, 0.717) is 24.5 Å². The fraction of sp³-hybridized carbons (Fsp3) is 0.474. The summed E-state index contributed by atoms with van der Waals surface area (Å²) in [4.78, 5) is 4.77. The van der Waals surface area contributed by atoms with E-state index in [-0.39, 0.29) is 6.67 Å². The zero-order chi connectivity index (χ0) is 17.5. The Hall–Kier alpha value is -2.41. The molecule has 5 heterocycles. The fourth-order valence-corrected chi connectivity index (χ4v) is 4.19. The molecule has 7 heteroatoms. The van der Waals surface area contributed by atoms with Gasteiger partial charge in [0.15, 0.2) is 0 Å². The van der Waals surface area contributed by atoms with Gasteiger partial charge in [0.05, 0.1) is 6.54 Å². The van der Waals surface area contributed by atoms with E-state index >= 15 is 0 Å². The zero-order valence-corrected chi connectivity index (χ0v) is 14.6. The fourth-order valence-electron chi connectivity index (χ4n) is 4.19. The Labute approximate surface area is 151 Å². The predicted molar refractivity (Wildman–Crippen MR) is 98.0 cm³/mol. The van der Waals surface area contributed by atoms with Gasteiger partial charge in [-0.3, -0.25) is 0 Å². The highest BCUT2D eigenvalue weighted by Gasteiger charge is 2.31. The summed E-state index contributed by atoms with van der Waals surface area (Å²) in [6.45, 7) is 4.27. The van der Waals surface area contributed by atoms with E-state index < -0.39 is 0 Å². The first-order valence-electron chi connectivity index (χ1n) is 9.29. The monoisotopic (exact) mass is 354 g/mol. The molecule has 0 atom stereocenters. The molecule has 3 saturated heterocycles. The van der Waals surface area contributed by atoms with E-state index in [4.69, 9.17) is 4.42 Å². The lowest BCUT2D eigenvalue weighted by Gasteiger charge is -2.29. The highest BCUT2D eigenvalue weighted by atomic mass is 18.2. The maximum atomic E-state index is 12.8. The number of anilines is 1. The number of halogens is 1. The van der Waals surface area contributed by atoms with Crippen molar-refractivity contribution in [3.05, 3.63) is 30.5 Å². The second-order valence-electron chi connectivity index (χ2n) is 7.13. The van der Waals surface area contributed by atoms with Gasteiger partial charge in [0.1, 0.15) is 6.67 Å². The van der Waals surface area contributed by atoms with Crippen LogP contribution < -0.4 is 4.90 Å². The number of alkyl halides is 1. The molecule has 6 nitrogen and oxygen atoms in total. The summed E-state index contributed by atoms with van der Waals surface area (Å²) in [5.74, 6) is 0.522. The number of piperidine rings is 1. The van der Waals surface area contributed by atoms with Crippen molar-refractivity contribution in [1.82, 2.24) is 19.7 Å². The van der Waals surface area contributed by atoms with Crippen molar-refractivity contribution in [2.45, 2.75) is 25.4 Å². The standard InChI is InChI=1S/C19H22FN5O/c20-6-10-24-9-3-14-1-2-15(13-17(14)24)18-21-22-19(26-18)25-12-11-23-7-4-16(25)5-8-23/h1-3,9,13,16H,4-8,10-12H2/i20-1. The highest BCUT2D eigenvalue weighted by molar-refractivity contribution is 5.84. The van der Waals surface area contributed by atoms with Gasteiger partial charge in [-0.05, 0) is 36.4 Å². The molecule has 3 fully saturated rings. The minimum Gasteiger partial charge on any atom is -0.403 e. The molecule has 2 bridgehead atoms. The Morgan fingerprint density at radius 3 is 2.81 bits per heavy atom. The number of fused-ring (bicyclic) bond motifs is 5. The number of nitrogens with zero attached hydrogens (tertiary/aromatic N) is 5. The van der Waals surface area contributed by atoms with Crippen molar-refractivity contribution in [2.24, 2.45) is 0 Å². The number of hydrogen-bond donors (Lipinski definition) is 0. The summed E-state index contributed by atoms with van der Waals surface area (Å²) in [7, 11) is 0. The van der Waals surface area contributed by atoms with Gasteiger partial charge in [-0.2, -0.15) is 0 Å². The Kier molecular flexibility index (Phi) is 3.89. The summed E-state index contributed by atoms with van der Waals surface area (Å²) in [6.07, 6.45) is 4.22. The van der Waals surface area contributed by atoms with E-state index in [1.54, 1.807) is 0 Å². The maximum Gasteiger partial charge on any atom is 0.318 e. The van der Waals surface area contributed by atoms with E-state index in [9.17, 15) is 4.39 Å². The smallest absolute Gasteiger partial charge is 0.318 e. The third-order valence-corrected chi connectivity index (χ3v) is 5.66. The van der Waals surface area contributed by atoms with Crippen molar-refractivity contribution in [3.8, 4) is 11.5 Å². The molecule has 0 unspecified atom stereocenters. The van der Waals surface area contributed by atoms with Crippen LogP contribution in [0.1, 0.15) is 12.8 Å². The van der Waals surface area contributed by atoms with Crippen LogP contribution in [0, 0.1) is 0 Å². The lowest BCUT2D eigenvalue weighted by Crippen LogP contribution is -2.38. The van der Waals surface area contributed by atoms with Crippen LogP contribution in [0.4, 0.5) is 10.4 Å². The Morgan fingerprint density at radius 2 is 1.96 bits per heavy atom. The van der Waals surface area contributed by atoms with Gasteiger partial charge in [0.2, 0.25) is 5.89 Å². The molecule has 3 aliphatic rings. The van der Waals surface area contributed by atoms with Gasteiger partial charge >= 0.3 is 6.01 Å². The Bertz CT molecular complexity index is 912. The normalized spacial score (nSPS) is 22.9. The van der Waals surface area contributed by atoms with Crippen molar-refractivity contribution < 1.29 is 8.81 Å². The number of aryl methyl sites for hydroxylation is 1. The molecular weight excluding hydrogens is 332 g/mol. The number of hydrogen-bond acceptors (Lipinski definition) is 5.